The molecule has 0 aliphatic rings. The first-order valence-electron chi connectivity index (χ1n) is 5.38. The van der Waals surface area contributed by atoms with E-state index in [1.54, 1.807) is 12.3 Å². The SMILES string of the molecule is CC(C)Oc1ncnc(Sc2ccncn2)c1N. The van der Waals surface area contributed by atoms with Crippen molar-refractivity contribution < 1.29 is 4.74 Å². The number of aromatic nitrogens is 4. The average molecular weight is 263 g/mol. The Morgan fingerprint density at radius 2 is 2.06 bits per heavy atom. The molecule has 0 spiro atoms. The highest BCUT2D eigenvalue weighted by Gasteiger charge is 2.12. The van der Waals surface area contributed by atoms with Gasteiger partial charge in [-0.3, -0.25) is 0 Å². The van der Waals surface area contributed by atoms with E-state index in [0.717, 1.165) is 5.03 Å². The molecular formula is C11H13N5OS. The number of hydrogen-bond acceptors (Lipinski definition) is 7. The van der Waals surface area contributed by atoms with Crippen molar-refractivity contribution in [2.45, 2.75) is 30.0 Å². The fourth-order valence-corrected chi connectivity index (χ4v) is 1.92. The van der Waals surface area contributed by atoms with Gasteiger partial charge in [-0.15, -0.1) is 0 Å². The molecule has 2 rings (SSSR count). The fraction of sp³-hybridized carbons (Fsp3) is 0.273. The Morgan fingerprint density at radius 3 is 2.72 bits per heavy atom. The summed E-state index contributed by atoms with van der Waals surface area (Å²) in [5, 5.41) is 1.39. The zero-order chi connectivity index (χ0) is 13.0. The third kappa shape index (κ3) is 3.07. The number of rotatable bonds is 4. The Labute approximate surface area is 109 Å². The van der Waals surface area contributed by atoms with Crippen LogP contribution in [0.3, 0.4) is 0 Å². The van der Waals surface area contributed by atoms with Crippen LogP contribution >= 0.6 is 11.8 Å². The predicted molar refractivity (Wildman–Crippen MR) is 68.4 cm³/mol. The number of ether oxygens (including phenoxy) is 1. The molecular weight excluding hydrogens is 250 g/mol. The van der Waals surface area contributed by atoms with Crippen LogP contribution in [0, 0.1) is 0 Å². The molecule has 0 bridgehead atoms. The zero-order valence-corrected chi connectivity index (χ0v) is 10.9. The summed E-state index contributed by atoms with van der Waals surface area (Å²) < 4.78 is 5.50. The molecule has 7 heteroatoms. The highest BCUT2D eigenvalue weighted by molar-refractivity contribution is 7.99. The lowest BCUT2D eigenvalue weighted by Crippen LogP contribution is -2.10. The molecule has 2 aromatic rings. The second kappa shape index (κ2) is 5.63. The average Bonchev–Trinajstić information content (AvgIpc) is 2.35. The van der Waals surface area contributed by atoms with E-state index in [-0.39, 0.29) is 6.10 Å². The Morgan fingerprint density at radius 1 is 1.22 bits per heavy atom. The Bertz CT molecular complexity index is 520. The van der Waals surface area contributed by atoms with Crippen molar-refractivity contribution in [2.75, 3.05) is 5.73 Å². The summed E-state index contributed by atoms with van der Waals surface area (Å²) in [6.07, 6.45) is 4.58. The van der Waals surface area contributed by atoms with Crippen LogP contribution in [0.2, 0.25) is 0 Å². The van der Waals surface area contributed by atoms with Gasteiger partial charge in [-0.05, 0) is 31.7 Å². The maximum atomic E-state index is 5.97. The second-order valence-corrected chi connectivity index (χ2v) is 4.72. The molecule has 6 nitrogen and oxygen atoms in total. The van der Waals surface area contributed by atoms with Gasteiger partial charge in [-0.1, -0.05) is 0 Å². The monoisotopic (exact) mass is 263 g/mol. The van der Waals surface area contributed by atoms with E-state index in [0.29, 0.717) is 16.6 Å². The molecule has 2 heterocycles. The Hall–Kier alpha value is -1.89. The fourth-order valence-electron chi connectivity index (χ4n) is 1.20. The van der Waals surface area contributed by atoms with Crippen molar-refractivity contribution in [3.8, 4) is 5.88 Å². The molecule has 0 aromatic carbocycles. The van der Waals surface area contributed by atoms with Gasteiger partial charge < -0.3 is 10.5 Å². The largest absolute Gasteiger partial charge is 0.473 e. The first-order chi connectivity index (χ1) is 8.66. The van der Waals surface area contributed by atoms with Crippen molar-refractivity contribution in [1.29, 1.82) is 0 Å². The van der Waals surface area contributed by atoms with Gasteiger partial charge in [0.25, 0.3) is 0 Å². The lowest BCUT2D eigenvalue weighted by atomic mass is 10.4. The molecule has 2 N–H and O–H groups in total. The third-order valence-electron chi connectivity index (χ3n) is 1.91. The van der Waals surface area contributed by atoms with Gasteiger partial charge >= 0.3 is 0 Å². The molecule has 0 saturated carbocycles. The maximum Gasteiger partial charge on any atom is 0.241 e. The molecule has 18 heavy (non-hydrogen) atoms. The van der Waals surface area contributed by atoms with Crippen molar-refractivity contribution in [2.24, 2.45) is 0 Å². The van der Waals surface area contributed by atoms with E-state index < -0.39 is 0 Å². The summed E-state index contributed by atoms with van der Waals surface area (Å²) in [6.45, 7) is 3.83. The summed E-state index contributed by atoms with van der Waals surface area (Å²) in [6, 6.07) is 1.79. The van der Waals surface area contributed by atoms with Gasteiger partial charge in [-0.2, -0.15) is 4.98 Å². The molecule has 0 radical (unpaired) electrons. The van der Waals surface area contributed by atoms with E-state index >= 15 is 0 Å². The first kappa shape index (κ1) is 12.6. The van der Waals surface area contributed by atoms with E-state index in [1.807, 2.05) is 13.8 Å². The van der Waals surface area contributed by atoms with Crippen molar-refractivity contribution >= 4 is 17.4 Å². The lowest BCUT2D eigenvalue weighted by Gasteiger charge is -2.12. The molecule has 0 amide bonds. The van der Waals surface area contributed by atoms with Crippen LogP contribution in [0.4, 0.5) is 5.69 Å². The second-order valence-electron chi connectivity index (χ2n) is 3.71. The minimum Gasteiger partial charge on any atom is -0.473 e. The highest BCUT2D eigenvalue weighted by atomic mass is 32.2. The van der Waals surface area contributed by atoms with Crippen molar-refractivity contribution in [3.63, 3.8) is 0 Å². The van der Waals surface area contributed by atoms with Gasteiger partial charge in [0, 0.05) is 6.20 Å². The van der Waals surface area contributed by atoms with Gasteiger partial charge in [0.1, 0.15) is 28.4 Å². The summed E-state index contributed by atoms with van der Waals surface area (Å²) >= 11 is 1.35. The van der Waals surface area contributed by atoms with Gasteiger partial charge in [0.15, 0.2) is 0 Å². The number of nitrogen functional groups attached to an aromatic ring is 1. The molecule has 0 aliphatic carbocycles. The summed E-state index contributed by atoms with van der Waals surface area (Å²) in [5.74, 6) is 0.400. The number of nitrogens with two attached hydrogens (primary N) is 1. The van der Waals surface area contributed by atoms with Crippen LogP contribution in [-0.4, -0.2) is 26.0 Å². The van der Waals surface area contributed by atoms with Crippen LogP contribution in [0.1, 0.15) is 13.8 Å². The van der Waals surface area contributed by atoms with Crippen LogP contribution in [0.5, 0.6) is 5.88 Å². The Kier molecular flexibility index (Phi) is 3.93. The van der Waals surface area contributed by atoms with Crippen molar-refractivity contribution in [1.82, 2.24) is 19.9 Å². The van der Waals surface area contributed by atoms with Crippen molar-refractivity contribution in [3.05, 3.63) is 24.9 Å². The van der Waals surface area contributed by atoms with E-state index in [2.05, 4.69) is 19.9 Å². The highest BCUT2D eigenvalue weighted by Crippen LogP contribution is 2.32. The van der Waals surface area contributed by atoms with E-state index in [4.69, 9.17) is 10.5 Å². The molecule has 0 unspecified atom stereocenters. The van der Waals surface area contributed by atoms with Gasteiger partial charge in [-0.25, -0.2) is 15.0 Å². The van der Waals surface area contributed by atoms with Gasteiger partial charge in [0.2, 0.25) is 5.88 Å². The minimum absolute atomic E-state index is 0.0131. The first-order valence-corrected chi connectivity index (χ1v) is 6.19. The van der Waals surface area contributed by atoms with Gasteiger partial charge in [0.05, 0.1) is 6.10 Å². The lowest BCUT2D eigenvalue weighted by molar-refractivity contribution is 0.233. The topological polar surface area (TPSA) is 86.8 Å². The van der Waals surface area contributed by atoms with Crippen LogP contribution < -0.4 is 10.5 Å². The van der Waals surface area contributed by atoms with Crippen LogP contribution in [-0.2, 0) is 0 Å². The minimum atomic E-state index is 0.0131. The van der Waals surface area contributed by atoms with E-state index in [9.17, 15) is 0 Å². The molecule has 2 aromatic heterocycles. The van der Waals surface area contributed by atoms with Crippen LogP contribution in [0.25, 0.3) is 0 Å². The maximum absolute atomic E-state index is 5.97. The summed E-state index contributed by atoms with van der Waals surface area (Å²) in [4.78, 5) is 16.1. The van der Waals surface area contributed by atoms with E-state index in [1.165, 1.54) is 24.4 Å². The predicted octanol–water partition coefficient (Wildman–Crippen LogP) is 1.79. The number of nitrogens with zero attached hydrogens (tertiary/aromatic N) is 4. The standard InChI is InChI=1S/C11H13N5OS/c1-7(2)17-10-9(12)11(16-6-15-10)18-8-3-4-13-5-14-8/h3-7H,12H2,1-2H3. The molecule has 94 valence electrons. The quantitative estimate of drug-likeness (QED) is 0.841. The zero-order valence-electron chi connectivity index (χ0n) is 10.1. The third-order valence-corrected chi connectivity index (χ3v) is 2.88. The molecule has 0 saturated heterocycles. The number of hydrogen-bond donors (Lipinski definition) is 1. The van der Waals surface area contributed by atoms with Crippen LogP contribution in [0.15, 0.2) is 35.0 Å². The summed E-state index contributed by atoms with van der Waals surface area (Å²) in [5.41, 5.74) is 6.39. The number of anilines is 1. The normalized spacial score (nSPS) is 10.6. The molecule has 0 atom stereocenters. The molecule has 0 fully saturated rings. The smallest absolute Gasteiger partial charge is 0.241 e. The summed E-state index contributed by atoms with van der Waals surface area (Å²) in [7, 11) is 0. The Balaban J connectivity index is 2.23. The molecule has 0 aliphatic heterocycles.